The van der Waals surface area contributed by atoms with Crippen molar-refractivity contribution in [3.8, 4) is 0 Å². The van der Waals surface area contributed by atoms with Crippen molar-refractivity contribution in [2.45, 2.75) is 89.3 Å². The lowest BCUT2D eigenvalue weighted by atomic mass is 10.0. The van der Waals surface area contributed by atoms with Gasteiger partial charge in [-0.2, -0.15) is 11.8 Å². The quantitative estimate of drug-likeness (QED) is 0.0434. The van der Waals surface area contributed by atoms with Crippen LogP contribution in [0.4, 0.5) is 0 Å². The summed E-state index contributed by atoms with van der Waals surface area (Å²) in [5.41, 5.74) is 11.5. The highest BCUT2D eigenvalue weighted by atomic mass is 32.2. The van der Waals surface area contributed by atoms with Gasteiger partial charge >= 0.3 is 5.97 Å². The predicted molar refractivity (Wildman–Crippen MR) is 187 cm³/mol. The Labute approximate surface area is 291 Å². The normalized spacial score (nSPS) is 14.1. The standard InChI is InChI=1S/C32H52N8O8S/c1-18(2)26(29(45)38-23(16-41)30(46)40(6)25(31(47)48)15-21-11-8-7-9-12-21)39-27(43)22(13-10-14-35-32(33)34)37-28(44)24(36-20(5)42)17-49-19(3)4/h7-9,11-12,18-19,22-26,41H,10,13-17H2,1-6H3,(H,36,42)(H,37,44)(H,38,45)(H,39,43)(H,47,48)(H4,33,34,35)/t22-,23-,24-,25-,26-/m0/s1. The first-order valence-electron chi connectivity index (χ1n) is 16.0. The van der Waals surface area contributed by atoms with E-state index in [2.05, 4.69) is 26.3 Å². The van der Waals surface area contributed by atoms with E-state index in [4.69, 9.17) is 11.5 Å². The molecule has 0 aliphatic rings. The zero-order chi connectivity index (χ0) is 37.3. The van der Waals surface area contributed by atoms with Gasteiger partial charge in [-0.1, -0.05) is 58.0 Å². The third-order valence-corrected chi connectivity index (χ3v) is 8.48. The van der Waals surface area contributed by atoms with Crippen molar-refractivity contribution in [3.63, 3.8) is 0 Å². The number of likely N-dealkylation sites (N-methyl/N-ethyl adjacent to an activating group) is 1. The van der Waals surface area contributed by atoms with Crippen molar-refractivity contribution in [2.24, 2.45) is 22.4 Å². The van der Waals surface area contributed by atoms with Gasteiger partial charge in [0.25, 0.3) is 0 Å². The molecule has 49 heavy (non-hydrogen) atoms. The lowest BCUT2D eigenvalue weighted by molar-refractivity contribution is -0.150. The average Bonchev–Trinajstić information content (AvgIpc) is 3.03. The SMILES string of the molecule is CC(=O)N[C@@H](CSC(C)C)C(=O)N[C@@H](CCCN=C(N)N)C(=O)N[C@H](C(=O)N[C@@H](CO)C(=O)N(C)[C@@H](Cc1ccccc1)C(=O)O)C(C)C. The Kier molecular flexibility index (Phi) is 18.8. The Morgan fingerprint density at radius 2 is 1.47 bits per heavy atom. The lowest BCUT2D eigenvalue weighted by Crippen LogP contribution is -2.60. The molecule has 0 aromatic heterocycles. The van der Waals surface area contributed by atoms with Gasteiger partial charge in [0.1, 0.15) is 30.2 Å². The van der Waals surface area contributed by atoms with Crippen molar-refractivity contribution < 1.29 is 39.0 Å². The number of nitrogens with zero attached hydrogens (tertiary/aromatic N) is 2. The van der Waals surface area contributed by atoms with Gasteiger partial charge in [0.05, 0.1) is 6.61 Å². The molecule has 0 aliphatic heterocycles. The van der Waals surface area contributed by atoms with E-state index < -0.39 is 78.2 Å². The summed E-state index contributed by atoms with van der Waals surface area (Å²) < 4.78 is 0. The van der Waals surface area contributed by atoms with Crippen molar-refractivity contribution in [1.82, 2.24) is 26.2 Å². The van der Waals surface area contributed by atoms with Crippen molar-refractivity contribution in [1.29, 1.82) is 0 Å². The number of aliphatic imine (C=N–C) groups is 1. The number of carbonyl (C=O) groups is 6. The summed E-state index contributed by atoms with van der Waals surface area (Å²) in [6, 6.07) is 2.56. The topological polar surface area (TPSA) is 259 Å². The second kappa shape index (κ2) is 21.6. The number of carboxylic acids is 1. The minimum absolute atomic E-state index is 0.00950. The summed E-state index contributed by atoms with van der Waals surface area (Å²) in [6.45, 7) is 7.76. The van der Waals surface area contributed by atoms with Crippen LogP contribution in [0, 0.1) is 5.92 Å². The van der Waals surface area contributed by atoms with Crippen LogP contribution in [0.5, 0.6) is 0 Å². The number of hydrogen-bond donors (Lipinski definition) is 8. The van der Waals surface area contributed by atoms with Crippen LogP contribution in [0.15, 0.2) is 35.3 Å². The molecule has 0 radical (unpaired) electrons. The van der Waals surface area contributed by atoms with Crippen LogP contribution in [-0.2, 0) is 35.2 Å². The molecule has 1 aromatic rings. The second-order valence-electron chi connectivity index (χ2n) is 12.1. The first-order valence-corrected chi connectivity index (χ1v) is 17.0. The van der Waals surface area contributed by atoms with Gasteiger partial charge in [-0.05, 0) is 29.6 Å². The molecule has 5 amide bonds. The van der Waals surface area contributed by atoms with E-state index in [9.17, 15) is 39.0 Å². The fourth-order valence-corrected chi connectivity index (χ4v) is 5.44. The molecule has 0 heterocycles. The molecule has 274 valence electrons. The molecule has 0 aliphatic carbocycles. The first-order chi connectivity index (χ1) is 23.0. The summed E-state index contributed by atoms with van der Waals surface area (Å²) in [7, 11) is 1.27. The number of nitrogens with one attached hydrogen (secondary N) is 4. The minimum atomic E-state index is -1.51. The van der Waals surface area contributed by atoms with Gasteiger partial charge < -0.3 is 47.8 Å². The molecule has 0 unspecified atom stereocenters. The molecule has 0 saturated carbocycles. The highest BCUT2D eigenvalue weighted by Crippen LogP contribution is 2.13. The highest BCUT2D eigenvalue weighted by Gasteiger charge is 2.35. The largest absolute Gasteiger partial charge is 0.480 e. The molecular formula is C32H52N8O8S. The molecule has 0 fully saturated rings. The molecule has 5 atom stereocenters. The number of hydrogen-bond acceptors (Lipinski definition) is 9. The molecule has 10 N–H and O–H groups in total. The highest BCUT2D eigenvalue weighted by molar-refractivity contribution is 7.99. The zero-order valence-electron chi connectivity index (χ0n) is 29.0. The van der Waals surface area contributed by atoms with Gasteiger partial charge in [-0.3, -0.25) is 29.0 Å². The van der Waals surface area contributed by atoms with Gasteiger partial charge in [0.15, 0.2) is 5.96 Å². The molecular weight excluding hydrogens is 656 g/mol. The summed E-state index contributed by atoms with van der Waals surface area (Å²) in [5, 5.41) is 30.4. The molecule has 1 aromatic carbocycles. The van der Waals surface area contributed by atoms with Crippen LogP contribution in [0.3, 0.4) is 0 Å². The fourth-order valence-electron chi connectivity index (χ4n) is 4.62. The van der Waals surface area contributed by atoms with Crippen LogP contribution in [0.25, 0.3) is 0 Å². The minimum Gasteiger partial charge on any atom is -0.480 e. The van der Waals surface area contributed by atoms with Gasteiger partial charge in [0, 0.05) is 32.7 Å². The number of rotatable bonds is 21. The number of thioether (sulfide) groups is 1. The van der Waals surface area contributed by atoms with E-state index in [0.29, 0.717) is 5.56 Å². The number of aliphatic carboxylic acids is 1. The molecule has 0 spiro atoms. The lowest BCUT2D eigenvalue weighted by Gasteiger charge is -2.30. The van der Waals surface area contributed by atoms with E-state index >= 15 is 0 Å². The maximum atomic E-state index is 13.6. The smallest absolute Gasteiger partial charge is 0.326 e. The third-order valence-electron chi connectivity index (χ3n) is 7.28. The summed E-state index contributed by atoms with van der Waals surface area (Å²) in [5.74, 6) is -5.09. The number of guanidine groups is 1. The summed E-state index contributed by atoms with van der Waals surface area (Å²) in [6.07, 6.45) is 0.345. The van der Waals surface area contributed by atoms with Crippen LogP contribution < -0.4 is 32.7 Å². The number of aliphatic hydroxyl groups is 1. The van der Waals surface area contributed by atoms with Crippen molar-refractivity contribution >= 4 is 53.2 Å². The fraction of sp³-hybridized carbons (Fsp3) is 0.594. The zero-order valence-corrected chi connectivity index (χ0v) is 29.8. The van der Waals surface area contributed by atoms with E-state index in [1.165, 1.54) is 25.7 Å². The van der Waals surface area contributed by atoms with Gasteiger partial charge in [-0.15, -0.1) is 0 Å². The number of carbonyl (C=O) groups excluding carboxylic acids is 5. The Hall–Kier alpha value is -4.38. The molecule has 1 rings (SSSR count). The Morgan fingerprint density at radius 1 is 0.878 bits per heavy atom. The maximum absolute atomic E-state index is 13.6. The van der Waals surface area contributed by atoms with E-state index in [-0.39, 0.29) is 42.8 Å². The van der Waals surface area contributed by atoms with Gasteiger partial charge in [0.2, 0.25) is 29.5 Å². The van der Waals surface area contributed by atoms with Crippen LogP contribution >= 0.6 is 11.8 Å². The maximum Gasteiger partial charge on any atom is 0.326 e. The van der Waals surface area contributed by atoms with Crippen LogP contribution in [0.1, 0.15) is 53.0 Å². The number of nitrogens with two attached hydrogens (primary N) is 2. The van der Waals surface area contributed by atoms with E-state index in [1.807, 2.05) is 13.8 Å². The van der Waals surface area contributed by atoms with Gasteiger partial charge in [-0.25, -0.2) is 4.79 Å². The summed E-state index contributed by atoms with van der Waals surface area (Å²) in [4.78, 5) is 82.4. The van der Waals surface area contributed by atoms with Crippen LogP contribution in [0.2, 0.25) is 0 Å². The second-order valence-corrected chi connectivity index (χ2v) is 13.7. The molecule has 17 heteroatoms. The number of amides is 5. The van der Waals surface area contributed by atoms with Crippen molar-refractivity contribution in [2.75, 3.05) is 26.0 Å². The monoisotopic (exact) mass is 708 g/mol. The number of aliphatic hydroxyl groups excluding tert-OH is 1. The van der Waals surface area contributed by atoms with Crippen LogP contribution in [-0.4, -0.2) is 118 Å². The Morgan fingerprint density at radius 3 is 1.98 bits per heavy atom. The predicted octanol–water partition coefficient (Wildman–Crippen LogP) is -1.06. The molecule has 0 saturated heterocycles. The van der Waals surface area contributed by atoms with E-state index in [0.717, 1.165) is 4.90 Å². The Balaban J connectivity index is 3.17. The number of benzene rings is 1. The summed E-state index contributed by atoms with van der Waals surface area (Å²) >= 11 is 1.45. The average molecular weight is 709 g/mol. The molecule has 0 bridgehead atoms. The van der Waals surface area contributed by atoms with Crippen molar-refractivity contribution in [3.05, 3.63) is 35.9 Å². The third kappa shape index (κ3) is 15.6. The first kappa shape index (κ1) is 42.6. The molecule has 16 nitrogen and oxygen atoms in total. The van der Waals surface area contributed by atoms with E-state index in [1.54, 1.807) is 44.2 Å². The Bertz CT molecular complexity index is 1290. The number of carboxylic acid groups (broad SMARTS) is 1.